The minimum Gasteiger partial charge on any atom is -0.389 e. The van der Waals surface area contributed by atoms with Gasteiger partial charge in [0.2, 0.25) is 0 Å². The lowest BCUT2D eigenvalue weighted by Crippen LogP contribution is -1.99. The Morgan fingerprint density at radius 2 is 2.25 bits per heavy atom. The molecule has 0 bridgehead atoms. The highest BCUT2D eigenvalue weighted by Crippen LogP contribution is 2.25. The van der Waals surface area contributed by atoms with Gasteiger partial charge in [-0.15, -0.1) is 0 Å². The van der Waals surface area contributed by atoms with E-state index < -0.39 is 6.10 Å². The molecular formula is C8H9ClINO. The molecule has 0 aromatic carbocycles. The normalized spacial score (nSPS) is 13.1. The lowest BCUT2D eigenvalue weighted by atomic mass is 10.1. The zero-order valence-electron chi connectivity index (χ0n) is 6.81. The van der Waals surface area contributed by atoms with Gasteiger partial charge in [0.15, 0.2) is 0 Å². The molecule has 4 heteroatoms. The van der Waals surface area contributed by atoms with E-state index in [-0.39, 0.29) is 0 Å². The van der Waals surface area contributed by atoms with Crippen LogP contribution in [0.25, 0.3) is 0 Å². The molecule has 0 aliphatic heterocycles. The van der Waals surface area contributed by atoms with Crippen molar-refractivity contribution in [1.29, 1.82) is 0 Å². The van der Waals surface area contributed by atoms with Crippen LogP contribution in [-0.2, 0) is 0 Å². The lowest BCUT2D eigenvalue weighted by molar-refractivity contribution is 0.198. The zero-order chi connectivity index (χ0) is 9.30. The third-order valence-electron chi connectivity index (χ3n) is 1.71. The first-order valence-corrected chi connectivity index (χ1v) is 4.98. The van der Waals surface area contributed by atoms with Crippen molar-refractivity contribution >= 4 is 34.2 Å². The maximum absolute atomic E-state index is 9.33. The largest absolute Gasteiger partial charge is 0.389 e. The molecule has 1 N–H and O–H groups in total. The first-order valence-electron chi connectivity index (χ1n) is 3.52. The number of aliphatic hydroxyl groups is 1. The van der Waals surface area contributed by atoms with E-state index in [0.29, 0.717) is 5.15 Å². The number of aliphatic hydroxyl groups excluding tert-OH is 1. The number of aromatic nitrogens is 1. The summed E-state index contributed by atoms with van der Waals surface area (Å²) in [5, 5.41) is 9.83. The fourth-order valence-corrected chi connectivity index (χ4v) is 1.62. The third-order valence-corrected chi connectivity index (χ3v) is 3.64. The standard InChI is InChI=1S/C8H9ClINO/c1-4-6(5(2)12)3-11-8(9)7(4)10/h3,5,12H,1-2H3. The molecule has 66 valence electrons. The van der Waals surface area contributed by atoms with Crippen LogP contribution in [-0.4, -0.2) is 10.1 Å². The van der Waals surface area contributed by atoms with E-state index in [1.54, 1.807) is 13.1 Å². The highest BCUT2D eigenvalue weighted by molar-refractivity contribution is 14.1. The maximum Gasteiger partial charge on any atom is 0.142 e. The fraction of sp³-hybridized carbons (Fsp3) is 0.375. The Kier molecular flexibility index (Phi) is 3.31. The Labute approximate surface area is 90.1 Å². The van der Waals surface area contributed by atoms with E-state index in [0.717, 1.165) is 14.7 Å². The van der Waals surface area contributed by atoms with Gasteiger partial charge >= 0.3 is 0 Å². The first-order chi connectivity index (χ1) is 5.54. The van der Waals surface area contributed by atoms with Crippen molar-refractivity contribution in [2.45, 2.75) is 20.0 Å². The molecular weight excluding hydrogens is 288 g/mol. The number of pyridine rings is 1. The lowest BCUT2D eigenvalue weighted by Gasteiger charge is -2.09. The summed E-state index contributed by atoms with van der Waals surface area (Å²) in [6, 6.07) is 0. The van der Waals surface area contributed by atoms with Gasteiger partial charge in [-0.05, 0) is 42.0 Å². The maximum atomic E-state index is 9.33. The highest BCUT2D eigenvalue weighted by atomic mass is 127. The summed E-state index contributed by atoms with van der Waals surface area (Å²) in [4.78, 5) is 3.96. The van der Waals surface area contributed by atoms with Gasteiger partial charge in [0.25, 0.3) is 0 Å². The Morgan fingerprint density at radius 3 is 2.75 bits per heavy atom. The summed E-state index contributed by atoms with van der Waals surface area (Å²) in [7, 11) is 0. The third kappa shape index (κ3) is 1.89. The molecule has 0 amide bonds. The summed E-state index contributed by atoms with van der Waals surface area (Å²) in [6.07, 6.45) is 1.13. The zero-order valence-corrected chi connectivity index (χ0v) is 9.72. The average molecular weight is 298 g/mol. The smallest absolute Gasteiger partial charge is 0.142 e. The van der Waals surface area contributed by atoms with Gasteiger partial charge < -0.3 is 5.11 Å². The quantitative estimate of drug-likeness (QED) is 0.638. The monoisotopic (exact) mass is 297 g/mol. The topological polar surface area (TPSA) is 33.1 Å². The highest BCUT2D eigenvalue weighted by Gasteiger charge is 2.10. The molecule has 0 fully saturated rings. The average Bonchev–Trinajstić information content (AvgIpc) is 2.00. The molecule has 0 aliphatic rings. The molecule has 1 unspecified atom stereocenters. The number of nitrogens with zero attached hydrogens (tertiary/aromatic N) is 1. The van der Waals surface area contributed by atoms with Crippen LogP contribution in [0, 0.1) is 10.5 Å². The van der Waals surface area contributed by atoms with Crippen molar-refractivity contribution in [1.82, 2.24) is 4.98 Å². The van der Waals surface area contributed by atoms with Gasteiger partial charge in [0.1, 0.15) is 5.15 Å². The van der Waals surface area contributed by atoms with Gasteiger partial charge in [0, 0.05) is 11.8 Å². The van der Waals surface area contributed by atoms with Crippen molar-refractivity contribution in [3.05, 3.63) is 26.0 Å². The first kappa shape index (κ1) is 10.2. The molecule has 0 saturated carbocycles. The molecule has 0 saturated heterocycles. The Balaban J connectivity index is 3.27. The summed E-state index contributed by atoms with van der Waals surface area (Å²) < 4.78 is 0.910. The second kappa shape index (κ2) is 3.89. The summed E-state index contributed by atoms with van der Waals surface area (Å²) in [6.45, 7) is 3.64. The van der Waals surface area contributed by atoms with Crippen molar-refractivity contribution in [2.24, 2.45) is 0 Å². The van der Waals surface area contributed by atoms with Gasteiger partial charge in [0.05, 0.1) is 9.67 Å². The molecule has 1 heterocycles. The number of halogens is 2. The van der Waals surface area contributed by atoms with Crippen LogP contribution in [0.5, 0.6) is 0 Å². The Bertz CT molecular complexity index is 301. The van der Waals surface area contributed by atoms with Crippen molar-refractivity contribution in [2.75, 3.05) is 0 Å². The van der Waals surface area contributed by atoms with Crippen LogP contribution in [0.4, 0.5) is 0 Å². The van der Waals surface area contributed by atoms with Crippen molar-refractivity contribution in [3.8, 4) is 0 Å². The molecule has 0 radical (unpaired) electrons. The SMILES string of the molecule is Cc1c(C(C)O)cnc(Cl)c1I. The molecule has 12 heavy (non-hydrogen) atoms. The van der Waals surface area contributed by atoms with E-state index in [1.165, 1.54) is 0 Å². The second-order valence-corrected chi connectivity index (χ2v) is 4.06. The minimum absolute atomic E-state index is 0.483. The van der Waals surface area contributed by atoms with Gasteiger partial charge in [-0.3, -0.25) is 0 Å². The van der Waals surface area contributed by atoms with Crippen LogP contribution in [0.15, 0.2) is 6.20 Å². The number of rotatable bonds is 1. The van der Waals surface area contributed by atoms with Crippen LogP contribution in [0.2, 0.25) is 5.15 Å². The van der Waals surface area contributed by atoms with Crippen molar-refractivity contribution < 1.29 is 5.11 Å². The molecule has 1 atom stereocenters. The van der Waals surface area contributed by atoms with Crippen LogP contribution in [0.3, 0.4) is 0 Å². The molecule has 0 aliphatic carbocycles. The van der Waals surface area contributed by atoms with Crippen molar-refractivity contribution in [3.63, 3.8) is 0 Å². The van der Waals surface area contributed by atoms with Gasteiger partial charge in [-0.2, -0.15) is 0 Å². The van der Waals surface area contributed by atoms with E-state index in [2.05, 4.69) is 27.6 Å². The molecule has 1 rings (SSSR count). The molecule has 1 aromatic heterocycles. The van der Waals surface area contributed by atoms with E-state index in [1.807, 2.05) is 6.92 Å². The Morgan fingerprint density at radius 1 is 1.67 bits per heavy atom. The predicted octanol–water partition coefficient (Wildman–Crippen LogP) is 2.70. The van der Waals surface area contributed by atoms with Crippen LogP contribution in [0.1, 0.15) is 24.2 Å². The minimum atomic E-state index is -0.483. The number of hydrogen-bond acceptors (Lipinski definition) is 2. The fourth-order valence-electron chi connectivity index (χ4n) is 0.982. The molecule has 0 spiro atoms. The van der Waals surface area contributed by atoms with E-state index >= 15 is 0 Å². The van der Waals surface area contributed by atoms with Crippen LogP contribution >= 0.6 is 34.2 Å². The summed E-state index contributed by atoms with van der Waals surface area (Å²) >= 11 is 7.91. The summed E-state index contributed by atoms with van der Waals surface area (Å²) in [5.41, 5.74) is 1.84. The van der Waals surface area contributed by atoms with Crippen LogP contribution < -0.4 is 0 Å². The molecule has 2 nitrogen and oxygen atoms in total. The van der Waals surface area contributed by atoms with Gasteiger partial charge in [-0.25, -0.2) is 4.98 Å². The van der Waals surface area contributed by atoms with E-state index in [4.69, 9.17) is 11.6 Å². The Hall–Kier alpha value is 0.130. The van der Waals surface area contributed by atoms with Gasteiger partial charge in [-0.1, -0.05) is 11.6 Å². The van der Waals surface area contributed by atoms with E-state index in [9.17, 15) is 5.11 Å². The summed E-state index contributed by atoms with van der Waals surface area (Å²) in [5.74, 6) is 0. The second-order valence-electron chi connectivity index (χ2n) is 2.62. The number of hydrogen-bond donors (Lipinski definition) is 1. The molecule has 1 aromatic rings. The predicted molar refractivity (Wildman–Crippen MR) is 57.3 cm³/mol.